The molecule has 0 saturated carbocycles. The molecule has 0 spiro atoms. The van der Waals surface area contributed by atoms with Gasteiger partial charge in [0, 0.05) is 38.7 Å². The number of benzene rings is 1. The predicted octanol–water partition coefficient (Wildman–Crippen LogP) is 2.93. The molecule has 2 saturated heterocycles. The van der Waals surface area contributed by atoms with E-state index in [1.54, 1.807) is 0 Å². The Kier molecular flexibility index (Phi) is 10.4. The van der Waals surface area contributed by atoms with Gasteiger partial charge in [-0.3, -0.25) is 4.99 Å². The molecule has 2 aliphatic heterocycles. The second-order valence-electron chi connectivity index (χ2n) is 7.47. The number of rotatable bonds is 7. The zero-order chi connectivity index (χ0) is 18.9. The summed E-state index contributed by atoms with van der Waals surface area (Å²) >= 11 is 0. The van der Waals surface area contributed by atoms with E-state index in [-0.39, 0.29) is 30.1 Å². The molecule has 2 N–H and O–H groups in total. The van der Waals surface area contributed by atoms with Crippen molar-refractivity contribution in [1.29, 1.82) is 0 Å². The number of guanidine groups is 1. The Morgan fingerprint density at radius 3 is 2.79 bits per heavy atom. The molecule has 0 bridgehead atoms. The minimum Gasteiger partial charge on any atom is -0.488 e. The molecule has 6 nitrogen and oxygen atoms in total. The minimum absolute atomic E-state index is 0. The normalized spacial score (nSPS) is 20.5. The number of halogens is 1. The molecule has 0 radical (unpaired) electrons. The van der Waals surface area contributed by atoms with Crippen LogP contribution in [0.15, 0.2) is 23.2 Å². The van der Waals surface area contributed by atoms with E-state index in [4.69, 9.17) is 9.47 Å². The number of likely N-dealkylation sites (tertiary alicyclic amines) is 1. The van der Waals surface area contributed by atoms with Crippen molar-refractivity contribution < 1.29 is 9.47 Å². The van der Waals surface area contributed by atoms with Crippen molar-refractivity contribution in [1.82, 2.24) is 15.5 Å². The standard InChI is InChI=1S/C21H34N4O2.HI/c1-17-6-7-18(20(14-17)27-19-8-13-26-16-19)15-24-21(22-2)23-9-12-25-10-4-3-5-11-25;/h6-7,14,19H,3-5,8-13,15-16H2,1-2H3,(H2,22,23,24);1H. The Balaban J connectivity index is 0.00000280. The quantitative estimate of drug-likeness (QED) is 0.341. The summed E-state index contributed by atoms with van der Waals surface area (Å²) in [6, 6.07) is 6.37. The molecule has 28 heavy (non-hydrogen) atoms. The maximum atomic E-state index is 6.18. The number of aryl methyl sites for hydroxylation is 1. The number of ether oxygens (including phenoxy) is 2. The third-order valence-electron chi connectivity index (χ3n) is 5.24. The molecule has 2 fully saturated rings. The highest BCUT2D eigenvalue weighted by Crippen LogP contribution is 2.23. The Bertz CT molecular complexity index is 614. The minimum atomic E-state index is 0. The number of nitrogens with zero attached hydrogens (tertiary/aromatic N) is 2. The molecule has 2 heterocycles. The van der Waals surface area contributed by atoms with E-state index in [0.717, 1.165) is 43.4 Å². The van der Waals surface area contributed by atoms with Crippen LogP contribution in [-0.4, -0.2) is 63.4 Å². The van der Waals surface area contributed by atoms with Gasteiger partial charge in [0.1, 0.15) is 11.9 Å². The molecule has 0 aliphatic carbocycles. The third-order valence-corrected chi connectivity index (χ3v) is 5.24. The van der Waals surface area contributed by atoms with Gasteiger partial charge in [0.15, 0.2) is 5.96 Å². The van der Waals surface area contributed by atoms with Crippen LogP contribution in [0.5, 0.6) is 5.75 Å². The van der Waals surface area contributed by atoms with Crippen LogP contribution in [0, 0.1) is 6.92 Å². The largest absolute Gasteiger partial charge is 0.488 e. The molecule has 0 amide bonds. The van der Waals surface area contributed by atoms with Gasteiger partial charge in [-0.25, -0.2) is 0 Å². The number of nitrogens with one attached hydrogen (secondary N) is 2. The highest BCUT2D eigenvalue weighted by molar-refractivity contribution is 14.0. The third kappa shape index (κ3) is 7.40. The van der Waals surface area contributed by atoms with E-state index < -0.39 is 0 Å². The highest BCUT2D eigenvalue weighted by atomic mass is 127. The number of hydrogen-bond donors (Lipinski definition) is 2. The van der Waals surface area contributed by atoms with Crippen LogP contribution in [-0.2, 0) is 11.3 Å². The van der Waals surface area contributed by atoms with Gasteiger partial charge in [0.2, 0.25) is 0 Å². The van der Waals surface area contributed by atoms with Gasteiger partial charge in [0.05, 0.1) is 13.2 Å². The molecule has 158 valence electrons. The van der Waals surface area contributed by atoms with Crippen molar-refractivity contribution in [2.75, 3.05) is 46.4 Å². The van der Waals surface area contributed by atoms with Crippen LogP contribution in [0.4, 0.5) is 0 Å². The highest BCUT2D eigenvalue weighted by Gasteiger charge is 2.19. The lowest BCUT2D eigenvalue weighted by molar-refractivity contribution is 0.140. The number of aliphatic imine (C=N–C) groups is 1. The molecule has 1 aromatic rings. The van der Waals surface area contributed by atoms with E-state index in [9.17, 15) is 0 Å². The van der Waals surface area contributed by atoms with E-state index >= 15 is 0 Å². The fourth-order valence-corrected chi connectivity index (χ4v) is 3.62. The topological polar surface area (TPSA) is 58.1 Å². The lowest BCUT2D eigenvalue weighted by Crippen LogP contribution is -2.42. The van der Waals surface area contributed by atoms with Gasteiger partial charge in [-0.2, -0.15) is 0 Å². The van der Waals surface area contributed by atoms with E-state index in [1.807, 2.05) is 7.05 Å². The molecule has 1 aromatic carbocycles. The predicted molar refractivity (Wildman–Crippen MR) is 125 cm³/mol. The smallest absolute Gasteiger partial charge is 0.191 e. The van der Waals surface area contributed by atoms with Gasteiger partial charge >= 0.3 is 0 Å². The van der Waals surface area contributed by atoms with Gasteiger partial charge in [-0.15, -0.1) is 24.0 Å². The van der Waals surface area contributed by atoms with Crippen molar-refractivity contribution >= 4 is 29.9 Å². The van der Waals surface area contributed by atoms with Gasteiger partial charge in [0.25, 0.3) is 0 Å². The van der Waals surface area contributed by atoms with E-state index in [2.05, 4.69) is 45.6 Å². The zero-order valence-electron chi connectivity index (χ0n) is 17.2. The SMILES string of the molecule is CN=C(NCCN1CCCCC1)NCc1ccc(C)cc1OC1CCOC1.I. The summed E-state index contributed by atoms with van der Waals surface area (Å²) in [5, 5.41) is 6.84. The fraction of sp³-hybridized carbons (Fsp3) is 0.667. The molecule has 1 atom stereocenters. The van der Waals surface area contributed by atoms with E-state index in [0.29, 0.717) is 13.2 Å². The molecule has 7 heteroatoms. The summed E-state index contributed by atoms with van der Waals surface area (Å²) < 4.78 is 11.6. The molecule has 2 aliphatic rings. The first kappa shape index (κ1) is 23.2. The van der Waals surface area contributed by atoms with Crippen LogP contribution in [0.25, 0.3) is 0 Å². The second kappa shape index (κ2) is 12.5. The Morgan fingerprint density at radius 2 is 2.07 bits per heavy atom. The summed E-state index contributed by atoms with van der Waals surface area (Å²) in [5.41, 5.74) is 2.35. The first-order valence-corrected chi connectivity index (χ1v) is 10.3. The van der Waals surface area contributed by atoms with E-state index in [1.165, 1.54) is 37.9 Å². The summed E-state index contributed by atoms with van der Waals surface area (Å²) in [6.45, 7) is 8.68. The lowest BCUT2D eigenvalue weighted by Gasteiger charge is -2.26. The monoisotopic (exact) mass is 502 g/mol. The zero-order valence-corrected chi connectivity index (χ0v) is 19.5. The molecule has 3 rings (SSSR count). The Hall–Kier alpha value is -1.06. The average molecular weight is 502 g/mol. The Morgan fingerprint density at radius 1 is 1.25 bits per heavy atom. The van der Waals surface area contributed by atoms with Gasteiger partial charge in [-0.1, -0.05) is 18.6 Å². The van der Waals surface area contributed by atoms with Gasteiger partial charge in [-0.05, 0) is 44.5 Å². The van der Waals surface area contributed by atoms with Crippen LogP contribution in [0.2, 0.25) is 0 Å². The summed E-state index contributed by atoms with van der Waals surface area (Å²) in [7, 11) is 1.82. The van der Waals surface area contributed by atoms with Crippen molar-refractivity contribution in [3.8, 4) is 5.75 Å². The fourth-order valence-electron chi connectivity index (χ4n) is 3.62. The van der Waals surface area contributed by atoms with Crippen molar-refractivity contribution in [3.05, 3.63) is 29.3 Å². The molecular formula is C21H35IN4O2. The first-order valence-electron chi connectivity index (χ1n) is 10.3. The summed E-state index contributed by atoms with van der Waals surface area (Å²) in [4.78, 5) is 6.88. The summed E-state index contributed by atoms with van der Waals surface area (Å²) in [6.07, 6.45) is 5.15. The van der Waals surface area contributed by atoms with Crippen LogP contribution in [0.1, 0.15) is 36.8 Å². The molecule has 0 aromatic heterocycles. The number of hydrogen-bond acceptors (Lipinski definition) is 4. The maximum Gasteiger partial charge on any atom is 0.191 e. The average Bonchev–Trinajstić information content (AvgIpc) is 3.19. The first-order chi connectivity index (χ1) is 13.2. The van der Waals surface area contributed by atoms with Crippen molar-refractivity contribution in [2.24, 2.45) is 4.99 Å². The Labute approximate surface area is 186 Å². The second-order valence-corrected chi connectivity index (χ2v) is 7.47. The lowest BCUT2D eigenvalue weighted by atomic mass is 10.1. The van der Waals surface area contributed by atoms with Crippen LogP contribution < -0.4 is 15.4 Å². The van der Waals surface area contributed by atoms with Crippen molar-refractivity contribution in [2.45, 2.75) is 45.3 Å². The molecule has 1 unspecified atom stereocenters. The summed E-state index contributed by atoms with van der Waals surface area (Å²) in [5.74, 6) is 1.78. The van der Waals surface area contributed by atoms with Crippen LogP contribution >= 0.6 is 24.0 Å². The van der Waals surface area contributed by atoms with Crippen LogP contribution in [0.3, 0.4) is 0 Å². The molecular weight excluding hydrogens is 467 g/mol. The van der Waals surface area contributed by atoms with Gasteiger partial charge < -0.3 is 25.0 Å². The van der Waals surface area contributed by atoms with Crippen molar-refractivity contribution in [3.63, 3.8) is 0 Å². The number of piperidine rings is 1. The maximum absolute atomic E-state index is 6.18.